The first-order chi connectivity index (χ1) is 7.65. The Balaban J connectivity index is 2.07. The van der Waals surface area contributed by atoms with E-state index in [1.807, 2.05) is 0 Å². The van der Waals surface area contributed by atoms with Crippen LogP contribution in [0.1, 0.15) is 26.9 Å². The summed E-state index contributed by atoms with van der Waals surface area (Å²) in [6.45, 7) is 4.22. The van der Waals surface area contributed by atoms with Crippen LogP contribution in [0.5, 0.6) is 0 Å². The number of rotatable bonds is 3. The molecule has 1 aromatic carbocycles. The molecule has 0 radical (unpaired) electrons. The molecule has 1 aromatic heterocycles. The molecule has 16 heavy (non-hydrogen) atoms. The van der Waals surface area contributed by atoms with Gasteiger partial charge in [-0.15, -0.1) is 11.3 Å². The summed E-state index contributed by atoms with van der Waals surface area (Å²) < 4.78 is 0. The normalized spacial score (nSPS) is 12.7. The lowest BCUT2D eigenvalue weighted by Gasteiger charge is -2.09. The molecular weight excluding hydrogens is 214 g/mol. The van der Waals surface area contributed by atoms with Crippen LogP contribution in [0.15, 0.2) is 36.4 Å². The first-order valence-electron chi connectivity index (χ1n) is 5.52. The Bertz CT molecular complexity index is 456. The number of hydrogen-bond donors (Lipinski definition) is 1. The summed E-state index contributed by atoms with van der Waals surface area (Å²) in [4.78, 5) is 2.60. The van der Waals surface area contributed by atoms with E-state index in [9.17, 15) is 0 Å². The molecule has 0 aliphatic carbocycles. The van der Waals surface area contributed by atoms with Crippen molar-refractivity contribution < 1.29 is 0 Å². The zero-order valence-electron chi connectivity index (χ0n) is 9.73. The molecule has 2 N–H and O–H groups in total. The Morgan fingerprint density at radius 3 is 2.31 bits per heavy atom. The van der Waals surface area contributed by atoms with E-state index in [4.69, 9.17) is 5.73 Å². The minimum absolute atomic E-state index is 0.126. The summed E-state index contributed by atoms with van der Waals surface area (Å²) in [6.07, 6.45) is 0.917. The highest BCUT2D eigenvalue weighted by molar-refractivity contribution is 7.12. The summed E-state index contributed by atoms with van der Waals surface area (Å²) in [7, 11) is 0. The molecule has 1 heterocycles. The van der Waals surface area contributed by atoms with E-state index >= 15 is 0 Å². The second-order valence-electron chi connectivity index (χ2n) is 4.24. The van der Waals surface area contributed by atoms with Crippen LogP contribution in [0, 0.1) is 13.8 Å². The molecule has 1 nitrogen and oxygen atoms in total. The molecule has 0 spiro atoms. The molecule has 1 atom stereocenters. The highest BCUT2D eigenvalue weighted by atomic mass is 32.1. The van der Waals surface area contributed by atoms with Gasteiger partial charge in [0.1, 0.15) is 0 Å². The van der Waals surface area contributed by atoms with E-state index in [2.05, 4.69) is 50.2 Å². The minimum Gasteiger partial charge on any atom is -0.323 e. The van der Waals surface area contributed by atoms with Gasteiger partial charge in [0.05, 0.1) is 0 Å². The molecule has 0 amide bonds. The standard InChI is InChI=1S/C14H17NS/c1-10-3-6-12(7-4-10)9-13(15)14-8-5-11(2)16-14/h3-8,13H,9,15H2,1-2H3. The van der Waals surface area contributed by atoms with Gasteiger partial charge in [0, 0.05) is 15.8 Å². The predicted octanol–water partition coefficient (Wildman–Crippen LogP) is 3.61. The average Bonchev–Trinajstić information content (AvgIpc) is 2.68. The second kappa shape index (κ2) is 4.81. The van der Waals surface area contributed by atoms with Crippen molar-refractivity contribution in [1.29, 1.82) is 0 Å². The third-order valence-corrected chi connectivity index (χ3v) is 3.84. The zero-order chi connectivity index (χ0) is 11.5. The van der Waals surface area contributed by atoms with E-state index in [0.29, 0.717) is 0 Å². The number of benzene rings is 1. The number of hydrogen-bond acceptors (Lipinski definition) is 2. The van der Waals surface area contributed by atoms with Gasteiger partial charge in [0.15, 0.2) is 0 Å². The monoisotopic (exact) mass is 231 g/mol. The lowest BCUT2D eigenvalue weighted by molar-refractivity contribution is 0.736. The first-order valence-corrected chi connectivity index (χ1v) is 6.34. The van der Waals surface area contributed by atoms with Crippen LogP contribution in [0.2, 0.25) is 0 Å². The zero-order valence-corrected chi connectivity index (χ0v) is 10.6. The fourth-order valence-electron chi connectivity index (χ4n) is 1.73. The van der Waals surface area contributed by atoms with Gasteiger partial charge < -0.3 is 5.73 Å². The molecular formula is C14H17NS. The third-order valence-electron chi connectivity index (χ3n) is 2.70. The quantitative estimate of drug-likeness (QED) is 0.858. The average molecular weight is 231 g/mol. The minimum atomic E-state index is 0.126. The highest BCUT2D eigenvalue weighted by Gasteiger charge is 2.08. The maximum absolute atomic E-state index is 6.19. The number of aryl methyl sites for hydroxylation is 2. The fourth-order valence-corrected chi connectivity index (χ4v) is 2.61. The number of nitrogens with two attached hydrogens (primary N) is 1. The van der Waals surface area contributed by atoms with Crippen molar-refractivity contribution in [2.45, 2.75) is 26.3 Å². The summed E-state index contributed by atoms with van der Waals surface area (Å²) >= 11 is 1.79. The van der Waals surface area contributed by atoms with Crippen molar-refractivity contribution in [2.24, 2.45) is 5.73 Å². The maximum atomic E-state index is 6.19. The van der Waals surface area contributed by atoms with Crippen LogP contribution in [-0.2, 0) is 6.42 Å². The highest BCUT2D eigenvalue weighted by Crippen LogP contribution is 2.23. The van der Waals surface area contributed by atoms with Crippen LogP contribution >= 0.6 is 11.3 Å². The fraction of sp³-hybridized carbons (Fsp3) is 0.286. The Morgan fingerprint density at radius 2 is 1.75 bits per heavy atom. The van der Waals surface area contributed by atoms with Crippen molar-refractivity contribution in [2.75, 3.05) is 0 Å². The van der Waals surface area contributed by atoms with E-state index < -0.39 is 0 Å². The summed E-state index contributed by atoms with van der Waals surface area (Å²) in [5.74, 6) is 0. The maximum Gasteiger partial charge on any atom is 0.0430 e. The van der Waals surface area contributed by atoms with Gasteiger partial charge in [0.2, 0.25) is 0 Å². The van der Waals surface area contributed by atoms with Crippen LogP contribution in [-0.4, -0.2) is 0 Å². The van der Waals surface area contributed by atoms with E-state index in [1.54, 1.807) is 11.3 Å². The first kappa shape index (κ1) is 11.4. The van der Waals surface area contributed by atoms with Gasteiger partial charge in [-0.3, -0.25) is 0 Å². The van der Waals surface area contributed by atoms with Gasteiger partial charge in [-0.05, 0) is 38.0 Å². The predicted molar refractivity (Wildman–Crippen MR) is 70.9 cm³/mol. The Morgan fingerprint density at radius 1 is 1.06 bits per heavy atom. The molecule has 1 unspecified atom stereocenters. The van der Waals surface area contributed by atoms with Gasteiger partial charge in [-0.2, -0.15) is 0 Å². The Kier molecular flexibility index (Phi) is 3.42. The molecule has 84 valence electrons. The number of thiophene rings is 1. The lowest BCUT2D eigenvalue weighted by atomic mass is 10.0. The van der Waals surface area contributed by atoms with Crippen molar-refractivity contribution in [3.63, 3.8) is 0 Å². The van der Waals surface area contributed by atoms with Crippen LogP contribution in [0.4, 0.5) is 0 Å². The van der Waals surface area contributed by atoms with Crippen molar-refractivity contribution in [3.05, 3.63) is 57.3 Å². The summed E-state index contributed by atoms with van der Waals surface area (Å²) in [5, 5.41) is 0. The summed E-state index contributed by atoms with van der Waals surface area (Å²) in [5.41, 5.74) is 8.79. The molecule has 0 bridgehead atoms. The third kappa shape index (κ3) is 2.71. The lowest BCUT2D eigenvalue weighted by Crippen LogP contribution is -2.11. The van der Waals surface area contributed by atoms with Crippen LogP contribution in [0.25, 0.3) is 0 Å². The largest absolute Gasteiger partial charge is 0.323 e. The molecule has 0 fully saturated rings. The molecule has 0 aliphatic heterocycles. The van der Waals surface area contributed by atoms with E-state index in [-0.39, 0.29) is 6.04 Å². The molecule has 2 rings (SSSR count). The molecule has 2 heteroatoms. The second-order valence-corrected chi connectivity index (χ2v) is 5.56. The van der Waals surface area contributed by atoms with Crippen LogP contribution < -0.4 is 5.73 Å². The van der Waals surface area contributed by atoms with Crippen molar-refractivity contribution in [1.82, 2.24) is 0 Å². The summed E-state index contributed by atoms with van der Waals surface area (Å²) in [6, 6.07) is 13.0. The molecule has 0 aliphatic rings. The van der Waals surface area contributed by atoms with Gasteiger partial charge >= 0.3 is 0 Å². The van der Waals surface area contributed by atoms with Gasteiger partial charge in [-0.1, -0.05) is 29.8 Å². The topological polar surface area (TPSA) is 26.0 Å². The van der Waals surface area contributed by atoms with E-state index in [0.717, 1.165) is 6.42 Å². The van der Waals surface area contributed by atoms with E-state index in [1.165, 1.54) is 20.9 Å². The molecule has 0 saturated heterocycles. The van der Waals surface area contributed by atoms with Gasteiger partial charge in [0.25, 0.3) is 0 Å². The smallest absolute Gasteiger partial charge is 0.0430 e. The van der Waals surface area contributed by atoms with Gasteiger partial charge in [-0.25, -0.2) is 0 Å². The molecule has 0 saturated carbocycles. The Labute approximate surface area is 101 Å². The molecule has 2 aromatic rings. The Hall–Kier alpha value is -1.12. The van der Waals surface area contributed by atoms with Crippen molar-refractivity contribution >= 4 is 11.3 Å². The SMILES string of the molecule is Cc1ccc(CC(N)c2ccc(C)s2)cc1. The van der Waals surface area contributed by atoms with Crippen molar-refractivity contribution in [3.8, 4) is 0 Å². The van der Waals surface area contributed by atoms with Crippen LogP contribution in [0.3, 0.4) is 0 Å².